The Kier molecular flexibility index (Phi) is 6.29. The smallest absolute Gasteiger partial charge is 0.306 e. The minimum absolute atomic E-state index is 0.0484. The van der Waals surface area contributed by atoms with Gasteiger partial charge in [-0.1, -0.05) is 30.3 Å². The van der Waals surface area contributed by atoms with Crippen LogP contribution in [0.4, 0.5) is 0 Å². The Labute approximate surface area is 111 Å². The fourth-order valence-electron chi connectivity index (χ4n) is 1.65. The minimum atomic E-state index is -1.03. The van der Waals surface area contributed by atoms with E-state index in [0.717, 1.165) is 5.56 Å². The van der Waals surface area contributed by atoms with Crippen LogP contribution in [0.3, 0.4) is 0 Å². The summed E-state index contributed by atoms with van der Waals surface area (Å²) < 4.78 is 5.04. The average Bonchev–Trinajstić information content (AvgIpc) is 2.37. The molecule has 0 radical (unpaired) electrons. The van der Waals surface area contributed by atoms with Crippen molar-refractivity contribution in [2.24, 2.45) is 5.92 Å². The van der Waals surface area contributed by atoms with Crippen LogP contribution in [-0.4, -0.2) is 23.3 Å². The van der Waals surface area contributed by atoms with Gasteiger partial charge in [0.05, 0.1) is 0 Å². The molecule has 0 aromatic heterocycles. The highest BCUT2D eigenvalue weighted by atomic mass is 16.5. The van der Waals surface area contributed by atoms with Gasteiger partial charge in [0.1, 0.15) is 12.9 Å². The van der Waals surface area contributed by atoms with Gasteiger partial charge in [-0.25, -0.2) is 0 Å². The summed E-state index contributed by atoms with van der Waals surface area (Å²) in [7, 11) is 0. The lowest BCUT2D eigenvalue weighted by atomic mass is 9.98. The number of rotatable bonds is 8. The fourth-order valence-corrected chi connectivity index (χ4v) is 1.65. The Morgan fingerprint density at radius 1 is 1.21 bits per heavy atom. The molecule has 0 aliphatic heterocycles. The number of benzene rings is 1. The first-order valence-electron chi connectivity index (χ1n) is 5.96. The zero-order valence-electron chi connectivity index (χ0n) is 10.5. The third-order valence-electron chi connectivity index (χ3n) is 2.59. The lowest BCUT2D eigenvalue weighted by molar-refractivity contribution is -0.146. The van der Waals surface area contributed by atoms with Crippen molar-refractivity contribution in [3.63, 3.8) is 0 Å². The van der Waals surface area contributed by atoms with Gasteiger partial charge >= 0.3 is 11.9 Å². The van der Waals surface area contributed by atoms with Crippen molar-refractivity contribution in [2.45, 2.75) is 25.9 Å². The van der Waals surface area contributed by atoms with Crippen molar-refractivity contribution in [2.75, 3.05) is 0 Å². The lowest BCUT2D eigenvalue weighted by Crippen LogP contribution is -2.15. The molecule has 0 saturated carbocycles. The van der Waals surface area contributed by atoms with Crippen LogP contribution in [0.15, 0.2) is 30.3 Å². The molecule has 0 spiro atoms. The Balaban J connectivity index is 2.39. The molecule has 1 aromatic rings. The zero-order chi connectivity index (χ0) is 14.1. The first kappa shape index (κ1) is 14.9. The largest absolute Gasteiger partial charge is 0.481 e. The molecular formula is C14H16O5. The van der Waals surface area contributed by atoms with E-state index in [1.54, 1.807) is 0 Å². The molecule has 0 saturated heterocycles. The van der Waals surface area contributed by atoms with Gasteiger partial charge in [0.2, 0.25) is 0 Å². The van der Waals surface area contributed by atoms with Gasteiger partial charge < -0.3 is 14.6 Å². The summed E-state index contributed by atoms with van der Waals surface area (Å²) in [6.45, 7) is 0.153. The number of hydrogen-bond acceptors (Lipinski definition) is 4. The van der Waals surface area contributed by atoms with Crippen LogP contribution in [0.2, 0.25) is 0 Å². The summed E-state index contributed by atoms with van der Waals surface area (Å²) >= 11 is 0. The second kappa shape index (κ2) is 8.02. The molecule has 0 aliphatic carbocycles. The molecule has 1 unspecified atom stereocenters. The highest BCUT2D eigenvalue weighted by Crippen LogP contribution is 2.14. The van der Waals surface area contributed by atoms with Gasteiger partial charge in [0.15, 0.2) is 0 Å². The van der Waals surface area contributed by atoms with Gasteiger partial charge in [0.25, 0.3) is 0 Å². The van der Waals surface area contributed by atoms with E-state index in [4.69, 9.17) is 9.84 Å². The Morgan fingerprint density at radius 3 is 2.47 bits per heavy atom. The minimum Gasteiger partial charge on any atom is -0.481 e. The van der Waals surface area contributed by atoms with E-state index in [2.05, 4.69) is 0 Å². The first-order valence-corrected chi connectivity index (χ1v) is 5.96. The molecule has 5 nitrogen and oxygen atoms in total. The second-order valence-electron chi connectivity index (χ2n) is 4.22. The molecule has 19 heavy (non-hydrogen) atoms. The molecule has 0 amide bonds. The predicted octanol–water partition coefficient (Wildman–Crippen LogP) is 1.80. The summed E-state index contributed by atoms with van der Waals surface area (Å²) in [5, 5.41) is 8.66. The number of ether oxygens (including phenoxy) is 1. The van der Waals surface area contributed by atoms with Crippen molar-refractivity contribution >= 4 is 18.2 Å². The number of carboxylic acids is 1. The van der Waals surface area contributed by atoms with Crippen LogP contribution in [0.1, 0.15) is 24.8 Å². The van der Waals surface area contributed by atoms with Crippen molar-refractivity contribution in [1.82, 2.24) is 0 Å². The molecule has 0 bridgehead atoms. The number of carbonyl (C=O) groups is 3. The molecule has 0 fully saturated rings. The molecule has 5 heteroatoms. The summed E-state index contributed by atoms with van der Waals surface area (Å²) in [6, 6.07) is 9.19. The maximum absolute atomic E-state index is 11.6. The number of aliphatic carboxylic acids is 1. The van der Waals surface area contributed by atoms with Gasteiger partial charge in [-0.15, -0.1) is 0 Å². The molecule has 1 atom stereocenters. The Hall–Kier alpha value is -2.17. The summed E-state index contributed by atoms with van der Waals surface area (Å²) in [5.41, 5.74) is 0.862. The number of aldehydes is 1. The average molecular weight is 264 g/mol. The highest BCUT2D eigenvalue weighted by Gasteiger charge is 2.17. The van der Waals surface area contributed by atoms with E-state index < -0.39 is 17.9 Å². The number of carboxylic acid groups (broad SMARTS) is 1. The van der Waals surface area contributed by atoms with Crippen LogP contribution < -0.4 is 0 Å². The van der Waals surface area contributed by atoms with E-state index in [9.17, 15) is 14.4 Å². The SMILES string of the molecule is O=CCC(CC(=O)O)CC(=O)OCc1ccccc1. The molecule has 1 aromatic carbocycles. The van der Waals surface area contributed by atoms with Crippen molar-refractivity contribution < 1.29 is 24.2 Å². The summed E-state index contributed by atoms with van der Waals surface area (Å²) in [4.78, 5) is 32.5. The van der Waals surface area contributed by atoms with Gasteiger partial charge in [-0.3, -0.25) is 9.59 Å². The van der Waals surface area contributed by atoms with E-state index in [1.807, 2.05) is 30.3 Å². The maximum atomic E-state index is 11.6. The number of hydrogen-bond donors (Lipinski definition) is 1. The zero-order valence-corrected chi connectivity index (χ0v) is 10.5. The Bertz CT molecular complexity index is 427. The van der Waals surface area contributed by atoms with Crippen LogP contribution in [0.25, 0.3) is 0 Å². The van der Waals surface area contributed by atoms with Crippen LogP contribution in [-0.2, 0) is 25.7 Å². The normalized spacial score (nSPS) is 11.6. The molecule has 0 aliphatic rings. The van der Waals surface area contributed by atoms with E-state index >= 15 is 0 Å². The molecule has 102 valence electrons. The topological polar surface area (TPSA) is 80.7 Å². The monoisotopic (exact) mass is 264 g/mol. The standard InChI is InChI=1S/C14H16O5/c15-7-6-12(8-13(16)17)9-14(18)19-10-11-4-2-1-3-5-11/h1-5,7,12H,6,8-10H2,(H,16,17). The maximum Gasteiger partial charge on any atom is 0.306 e. The van der Waals surface area contributed by atoms with E-state index in [1.165, 1.54) is 0 Å². The van der Waals surface area contributed by atoms with Crippen molar-refractivity contribution in [3.8, 4) is 0 Å². The molecule has 1 rings (SSSR count). The lowest BCUT2D eigenvalue weighted by Gasteiger charge is -2.11. The van der Waals surface area contributed by atoms with Crippen molar-refractivity contribution in [3.05, 3.63) is 35.9 Å². The third kappa shape index (κ3) is 6.35. The summed E-state index contributed by atoms with van der Waals surface area (Å²) in [6.07, 6.45) is 0.405. The van der Waals surface area contributed by atoms with E-state index in [-0.39, 0.29) is 25.9 Å². The quantitative estimate of drug-likeness (QED) is 0.572. The third-order valence-corrected chi connectivity index (χ3v) is 2.59. The Morgan fingerprint density at radius 2 is 1.89 bits per heavy atom. The summed E-state index contributed by atoms with van der Waals surface area (Å²) in [5.74, 6) is -2.02. The number of esters is 1. The van der Waals surface area contributed by atoms with Gasteiger partial charge in [-0.05, 0) is 11.5 Å². The second-order valence-corrected chi connectivity index (χ2v) is 4.22. The first-order chi connectivity index (χ1) is 9.11. The number of carbonyl (C=O) groups excluding carboxylic acids is 2. The highest BCUT2D eigenvalue weighted by molar-refractivity contribution is 5.73. The van der Waals surface area contributed by atoms with Crippen LogP contribution >= 0.6 is 0 Å². The van der Waals surface area contributed by atoms with Gasteiger partial charge in [-0.2, -0.15) is 0 Å². The predicted molar refractivity (Wildman–Crippen MR) is 67.3 cm³/mol. The fraction of sp³-hybridized carbons (Fsp3) is 0.357. The van der Waals surface area contributed by atoms with Crippen LogP contribution in [0, 0.1) is 5.92 Å². The van der Waals surface area contributed by atoms with Crippen molar-refractivity contribution in [1.29, 1.82) is 0 Å². The molecular weight excluding hydrogens is 248 g/mol. The van der Waals surface area contributed by atoms with Crippen LogP contribution in [0.5, 0.6) is 0 Å². The molecule has 1 N–H and O–H groups in total. The van der Waals surface area contributed by atoms with E-state index in [0.29, 0.717) is 6.29 Å². The van der Waals surface area contributed by atoms with Gasteiger partial charge in [0, 0.05) is 19.3 Å². The molecule has 0 heterocycles.